The van der Waals surface area contributed by atoms with Gasteiger partial charge in [0.05, 0.1) is 18.2 Å². The molecule has 1 unspecified atom stereocenters. The molecule has 1 aromatic rings. The summed E-state index contributed by atoms with van der Waals surface area (Å²) in [5.74, 6) is -0.428. The zero-order valence-electron chi connectivity index (χ0n) is 23.9. The number of amides is 1. The average molecular weight is 552 g/mol. The van der Waals surface area contributed by atoms with Gasteiger partial charge in [0.1, 0.15) is 22.8 Å². The third-order valence-corrected chi connectivity index (χ3v) is 8.15. The van der Waals surface area contributed by atoms with E-state index in [2.05, 4.69) is 11.8 Å². The summed E-state index contributed by atoms with van der Waals surface area (Å²) in [4.78, 5) is 42.8. The molecule has 10 nitrogen and oxygen atoms in total. The Morgan fingerprint density at radius 1 is 1.15 bits per heavy atom. The molecule has 0 bridgehead atoms. The molecule has 214 valence electrons. The van der Waals surface area contributed by atoms with E-state index in [9.17, 15) is 34.8 Å². The first-order valence-electron chi connectivity index (χ1n) is 13.1. The number of hydrogen-bond donors (Lipinski definition) is 5. The molecule has 4 rings (SSSR count). The van der Waals surface area contributed by atoms with Crippen LogP contribution in [0.5, 0.6) is 5.75 Å². The molecule has 3 aliphatic carbocycles. The number of aliphatic hydroxyl groups is 3. The molecule has 6 N–H and O–H groups in total. The van der Waals surface area contributed by atoms with Gasteiger partial charge in [-0.05, 0) is 64.0 Å². The highest BCUT2D eigenvalue weighted by atomic mass is 16.3. The van der Waals surface area contributed by atoms with E-state index in [0.717, 1.165) is 0 Å². The van der Waals surface area contributed by atoms with Crippen LogP contribution in [-0.4, -0.2) is 94.1 Å². The first-order valence-corrected chi connectivity index (χ1v) is 13.1. The van der Waals surface area contributed by atoms with Crippen LogP contribution >= 0.6 is 0 Å². The number of likely N-dealkylation sites (N-methyl/N-ethyl adjacent to an activating group) is 1. The smallest absolute Gasteiger partial charge is 0.255 e. The Labute approximate surface area is 233 Å². The molecular weight excluding hydrogens is 514 g/mol. The molecule has 1 aromatic carbocycles. The van der Waals surface area contributed by atoms with E-state index < -0.39 is 63.5 Å². The van der Waals surface area contributed by atoms with Crippen molar-refractivity contribution in [1.29, 1.82) is 0 Å². The van der Waals surface area contributed by atoms with Crippen LogP contribution in [-0.2, 0) is 26.2 Å². The van der Waals surface area contributed by atoms with Crippen LogP contribution in [0.25, 0.3) is 5.76 Å². The molecule has 0 radical (unpaired) electrons. The largest absolute Gasteiger partial charge is 0.508 e. The Morgan fingerprint density at radius 3 is 2.30 bits per heavy atom. The van der Waals surface area contributed by atoms with E-state index in [1.54, 1.807) is 20.2 Å². The van der Waals surface area contributed by atoms with Crippen LogP contribution in [0.4, 0.5) is 0 Å². The number of primary amides is 1. The molecule has 0 aliphatic heterocycles. The molecule has 1 amide bonds. The lowest BCUT2D eigenvalue weighted by molar-refractivity contribution is -0.153. The van der Waals surface area contributed by atoms with Crippen LogP contribution in [0, 0.1) is 23.7 Å². The number of phenols is 1. The second-order valence-electron chi connectivity index (χ2n) is 12.4. The van der Waals surface area contributed by atoms with Crippen molar-refractivity contribution in [2.45, 2.75) is 50.7 Å². The van der Waals surface area contributed by atoms with Crippen LogP contribution in [0.1, 0.15) is 49.4 Å². The van der Waals surface area contributed by atoms with E-state index in [1.807, 2.05) is 39.8 Å². The number of fused-ring (bicyclic) bond motifs is 3. The molecule has 40 heavy (non-hydrogen) atoms. The van der Waals surface area contributed by atoms with Gasteiger partial charge in [0.15, 0.2) is 11.4 Å². The van der Waals surface area contributed by atoms with Crippen molar-refractivity contribution < 1.29 is 34.8 Å². The lowest BCUT2D eigenvalue weighted by Crippen LogP contribution is -2.65. The normalized spacial score (nSPS) is 26.4. The fourth-order valence-corrected chi connectivity index (χ4v) is 6.29. The summed E-state index contributed by atoms with van der Waals surface area (Å²) in [5, 5.41) is 45.7. The molecule has 1 saturated carbocycles. The average Bonchev–Trinajstić information content (AvgIpc) is 2.81. The predicted octanol–water partition coefficient (Wildman–Crippen LogP) is 1.17. The minimum Gasteiger partial charge on any atom is -0.508 e. The fourth-order valence-electron chi connectivity index (χ4n) is 6.29. The minimum atomic E-state index is -2.67. The van der Waals surface area contributed by atoms with Crippen molar-refractivity contribution in [2.24, 2.45) is 17.6 Å². The predicted molar refractivity (Wildman–Crippen MR) is 148 cm³/mol. The molecule has 10 heteroatoms. The lowest BCUT2D eigenvalue weighted by Gasteiger charge is -2.50. The maximum atomic E-state index is 14.1. The van der Waals surface area contributed by atoms with Crippen LogP contribution in [0.3, 0.4) is 0 Å². The van der Waals surface area contributed by atoms with Crippen LogP contribution in [0.15, 0.2) is 23.0 Å². The van der Waals surface area contributed by atoms with Gasteiger partial charge in [0.2, 0.25) is 5.78 Å². The monoisotopic (exact) mass is 551 g/mol. The highest BCUT2D eigenvalue weighted by Crippen LogP contribution is 2.53. The summed E-state index contributed by atoms with van der Waals surface area (Å²) in [6, 6.07) is 0.671. The Morgan fingerprint density at radius 2 is 1.77 bits per heavy atom. The number of benzene rings is 1. The molecule has 3 aliphatic rings. The Bertz CT molecular complexity index is 1450. The van der Waals surface area contributed by atoms with E-state index >= 15 is 0 Å². The number of Topliss-reactive ketones (excluding diaryl/α,β-unsaturated/α-hetero) is 2. The third-order valence-electron chi connectivity index (χ3n) is 8.15. The van der Waals surface area contributed by atoms with Crippen molar-refractivity contribution in [3.8, 4) is 17.6 Å². The van der Waals surface area contributed by atoms with Gasteiger partial charge in [-0.25, -0.2) is 0 Å². The molecule has 4 atom stereocenters. The maximum Gasteiger partial charge on any atom is 0.255 e. The van der Waals surface area contributed by atoms with Gasteiger partial charge in [0, 0.05) is 22.6 Å². The highest BCUT2D eigenvalue weighted by Gasteiger charge is 2.64. The van der Waals surface area contributed by atoms with E-state index in [4.69, 9.17) is 5.73 Å². The molecular formula is C30H37N3O7. The van der Waals surface area contributed by atoms with Crippen LogP contribution < -0.4 is 5.73 Å². The topological polar surface area (TPSA) is 165 Å². The summed E-state index contributed by atoms with van der Waals surface area (Å²) in [6.45, 7) is 6.17. The zero-order chi connectivity index (χ0) is 30.1. The fraction of sp³-hybridized carbons (Fsp3) is 0.500. The molecule has 0 heterocycles. The van der Waals surface area contributed by atoms with Gasteiger partial charge >= 0.3 is 0 Å². The van der Waals surface area contributed by atoms with Crippen molar-refractivity contribution in [1.82, 2.24) is 9.80 Å². The highest BCUT2D eigenvalue weighted by molar-refractivity contribution is 6.24. The first kappa shape index (κ1) is 29.3. The summed E-state index contributed by atoms with van der Waals surface area (Å²) < 4.78 is 0. The molecule has 1 fully saturated rings. The summed E-state index contributed by atoms with van der Waals surface area (Å²) in [5.41, 5.74) is 2.88. The van der Waals surface area contributed by atoms with Crippen molar-refractivity contribution in [3.63, 3.8) is 0 Å². The molecule has 0 aromatic heterocycles. The summed E-state index contributed by atoms with van der Waals surface area (Å²) >= 11 is 0. The second kappa shape index (κ2) is 9.77. The van der Waals surface area contributed by atoms with E-state index in [0.29, 0.717) is 23.2 Å². The van der Waals surface area contributed by atoms with Gasteiger partial charge in [-0.15, -0.1) is 0 Å². The van der Waals surface area contributed by atoms with Crippen molar-refractivity contribution >= 4 is 23.2 Å². The number of nitrogens with two attached hydrogens (primary N) is 1. The number of rotatable bonds is 3. The lowest BCUT2D eigenvalue weighted by atomic mass is 9.57. The van der Waals surface area contributed by atoms with E-state index in [1.165, 1.54) is 4.90 Å². The number of ketones is 2. The SMILES string of the molecule is CN(C)CC#Cc1cc(C(C)(C)C)c(O)c2c1C[C@@H]1C[C@@H]3C(N(C)C)C(=O)C(C(N)=O)=C(O)[C@]3(O)C(=O)C1=C2O. The first-order chi connectivity index (χ1) is 18.4. The van der Waals surface area contributed by atoms with Crippen molar-refractivity contribution in [3.05, 3.63) is 45.2 Å². The van der Waals surface area contributed by atoms with Crippen molar-refractivity contribution in [2.75, 3.05) is 34.7 Å². The number of phenolic OH excluding ortho intramolecular Hbond substituents is 1. The quantitative estimate of drug-likeness (QED) is 0.274. The summed E-state index contributed by atoms with van der Waals surface area (Å²) in [7, 11) is 6.91. The van der Waals surface area contributed by atoms with Gasteiger partial charge in [-0.3, -0.25) is 24.2 Å². The summed E-state index contributed by atoms with van der Waals surface area (Å²) in [6.07, 6.45) is 0.219. The van der Waals surface area contributed by atoms with Gasteiger partial charge in [-0.1, -0.05) is 32.6 Å². The van der Waals surface area contributed by atoms with Gasteiger partial charge in [-0.2, -0.15) is 0 Å². The number of nitrogens with zero attached hydrogens (tertiary/aromatic N) is 2. The minimum absolute atomic E-state index is 0.0259. The Hall–Kier alpha value is -3.65. The van der Waals surface area contributed by atoms with Crippen LogP contribution in [0.2, 0.25) is 0 Å². The van der Waals surface area contributed by atoms with Gasteiger partial charge in [0.25, 0.3) is 5.91 Å². The number of carbonyl (C=O) groups is 3. The number of hydrogen-bond acceptors (Lipinski definition) is 9. The number of carbonyl (C=O) groups excluding carboxylic acids is 3. The number of aliphatic hydroxyl groups excluding tert-OH is 2. The molecule has 0 saturated heterocycles. The zero-order valence-corrected chi connectivity index (χ0v) is 23.9. The standard InChI is InChI=1S/C30H37N3O7/c1-29(2,3)18-12-14(9-8-10-32(4)5)16-11-15-13-17-22(33(6)7)25(36)21(28(31)39)27(38)30(17,40)26(37)19(15)24(35)20(16)23(18)34/h12,15,17,22,34-35,38,40H,10-11,13H2,1-7H3,(H2,31,39)/t15-,17-,22?,30-/m1/s1. The number of aromatic hydroxyl groups is 1. The van der Waals surface area contributed by atoms with E-state index in [-0.39, 0.29) is 29.7 Å². The Balaban J connectivity index is 2.01. The second-order valence-corrected chi connectivity index (χ2v) is 12.4. The molecule has 0 spiro atoms. The third kappa shape index (κ3) is 4.29. The Kier molecular flexibility index (Phi) is 7.16. The van der Waals surface area contributed by atoms with Gasteiger partial charge < -0.3 is 26.2 Å². The maximum absolute atomic E-state index is 14.1.